The Labute approximate surface area is 139 Å². The predicted octanol–water partition coefficient (Wildman–Crippen LogP) is 2.69. The maximum absolute atomic E-state index is 11.2. The first-order chi connectivity index (χ1) is 10.9. The predicted molar refractivity (Wildman–Crippen MR) is 86.1 cm³/mol. The van der Waals surface area contributed by atoms with Crippen LogP contribution in [-0.4, -0.2) is 44.4 Å². The second-order valence-electron chi connectivity index (χ2n) is 6.24. The zero-order valence-corrected chi connectivity index (χ0v) is 14.7. The minimum Gasteiger partial charge on any atom is -0.301 e. The van der Waals surface area contributed by atoms with E-state index in [9.17, 15) is 4.57 Å². The van der Waals surface area contributed by atoms with E-state index in [0.29, 0.717) is 18.4 Å². The molecule has 0 saturated carbocycles. The summed E-state index contributed by atoms with van der Waals surface area (Å²) in [5.41, 5.74) is -0.0758. The van der Waals surface area contributed by atoms with Gasteiger partial charge < -0.3 is 9.79 Å². The number of hydrogen-bond donors (Lipinski definition) is 2. The molecule has 0 aromatic carbocycles. The number of likely N-dealkylation sites (tertiary alicyclic amines) is 1. The van der Waals surface area contributed by atoms with Crippen LogP contribution in [0, 0.1) is 11.3 Å². The monoisotopic (exact) mass is 361 g/mol. The second kappa shape index (κ2) is 6.71. The maximum Gasteiger partial charge on any atom is 0.491 e. The quantitative estimate of drug-likeness (QED) is 0.582. The van der Waals surface area contributed by atoms with Gasteiger partial charge in [-0.05, 0) is 62.9 Å². The van der Waals surface area contributed by atoms with Crippen LogP contribution in [0.1, 0.15) is 39.0 Å². The topological polar surface area (TPSA) is 101 Å². The largest absolute Gasteiger partial charge is 0.491 e. The van der Waals surface area contributed by atoms with Crippen LogP contribution in [0.3, 0.4) is 0 Å². The van der Waals surface area contributed by atoms with Crippen molar-refractivity contribution in [1.29, 1.82) is 5.39 Å². The van der Waals surface area contributed by atoms with E-state index < -0.39 is 13.3 Å². The Kier molecular flexibility index (Phi) is 5.02. The second-order valence-corrected chi connectivity index (χ2v) is 8.54. The van der Waals surface area contributed by atoms with Gasteiger partial charge in [0.1, 0.15) is 0 Å². The van der Waals surface area contributed by atoms with Crippen molar-refractivity contribution in [3.63, 3.8) is 0 Å². The molecule has 2 N–H and O–H groups in total. The van der Waals surface area contributed by atoms with Crippen LogP contribution in [0.5, 0.6) is 0 Å². The van der Waals surface area contributed by atoms with E-state index in [4.69, 9.17) is 19.8 Å². The third-order valence-electron chi connectivity index (χ3n) is 4.72. The lowest BCUT2D eigenvalue weighted by Crippen LogP contribution is -2.47. The van der Waals surface area contributed by atoms with Crippen molar-refractivity contribution in [2.45, 2.75) is 50.6 Å². The number of phosphoric acid groups is 1. The molecule has 3 aliphatic rings. The fourth-order valence-electron chi connectivity index (χ4n) is 3.89. The lowest BCUT2D eigenvalue weighted by Gasteiger charge is -2.44. The van der Waals surface area contributed by atoms with E-state index >= 15 is 0 Å². The van der Waals surface area contributed by atoms with E-state index in [1.165, 1.54) is 11.8 Å². The van der Waals surface area contributed by atoms with Gasteiger partial charge >= 0.3 is 13.3 Å². The van der Waals surface area contributed by atoms with Gasteiger partial charge in [0, 0.05) is 10.9 Å². The molecular formula is C13H22N4O4PS+. The highest BCUT2D eigenvalue weighted by Gasteiger charge is 2.50. The zero-order chi connectivity index (χ0) is 16.6. The van der Waals surface area contributed by atoms with E-state index in [1.54, 1.807) is 0 Å². The molecule has 23 heavy (non-hydrogen) atoms. The summed E-state index contributed by atoms with van der Waals surface area (Å²) in [5.74, 6) is 0.454. The summed E-state index contributed by atoms with van der Waals surface area (Å²) >= 11 is 1.31. The molecule has 8 nitrogen and oxygen atoms in total. The Morgan fingerprint density at radius 1 is 1.48 bits per heavy atom. The standard InChI is InChI=1S/C13H21N4O4PS/c1-2-5-16-6-3-4-9-7-11-12(8-10(9)16)23-13(15-14)17(11)21-22(18,19)20/h9-10,13H,2-8H2,1H3,(H-,18,19,20)/p+1. The van der Waals surface area contributed by atoms with Gasteiger partial charge in [0.25, 0.3) is 0 Å². The van der Waals surface area contributed by atoms with Crippen molar-refractivity contribution in [1.82, 2.24) is 9.96 Å². The summed E-state index contributed by atoms with van der Waals surface area (Å²) in [6, 6.07) is 0.462. The van der Waals surface area contributed by atoms with E-state index in [2.05, 4.69) is 16.8 Å². The lowest BCUT2D eigenvalue weighted by molar-refractivity contribution is -0.0565. The average molecular weight is 361 g/mol. The summed E-state index contributed by atoms with van der Waals surface area (Å²) < 4.78 is 16.0. The van der Waals surface area contributed by atoms with Crippen LogP contribution in [0.25, 0.3) is 4.98 Å². The molecule has 2 aliphatic heterocycles. The first-order valence-electron chi connectivity index (χ1n) is 7.94. The minimum atomic E-state index is -4.69. The lowest BCUT2D eigenvalue weighted by atomic mass is 9.80. The van der Waals surface area contributed by atoms with Gasteiger partial charge in [0.15, 0.2) is 4.98 Å². The number of hydrogen-bond acceptors (Lipinski definition) is 6. The van der Waals surface area contributed by atoms with Crippen molar-refractivity contribution < 1.29 is 19.0 Å². The van der Waals surface area contributed by atoms with Gasteiger partial charge in [-0.25, -0.2) is 4.57 Å². The number of diazo groups is 1. The van der Waals surface area contributed by atoms with Gasteiger partial charge in [-0.1, -0.05) is 6.92 Å². The molecule has 0 spiro atoms. The van der Waals surface area contributed by atoms with Crippen LogP contribution in [0.4, 0.5) is 0 Å². The highest BCUT2D eigenvalue weighted by molar-refractivity contribution is 8.04. The number of hydroxylamine groups is 2. The molecule has 0 aromatic heterocycles. The number of piperidine rings is 1. The molecule has 0 radical (unpaired) electrons. The molecule has 0 bridgehead atoms. The van der Waals surface area contributed by atoms with Crippen molar-refractivity contribution in [2.75, 3.05) is 13.1 Å². The summed E-state index contributed by atoms with van der Waals surface area (Å²) in [6.07, 6.45) is 4.91. The van der Waals surface area contributed by atoms with Crippen molar-refractivity contribution in [3.05, 3.63) is 15.6 Å². The van der Waals surface area contributed by atoms with Crippen LogP contribution in [0.15, 0.2) is 10.6 Å². The van der Waals surface area contributed by atoms with Gasteiger partial charge in [0.05, 0.1) is 5.70 Å². The third-order valence-corrected chi connectivity index (χ3v) is 6.30. The van der Waals surface area contributed by atoms with Crippen molar-refractivity contribution in [3.8, 4) is 0 Å². The summed E-state index contributed by atoms with van der Waals surface area (Å²) in [4.78, 5) is 25.0. The fourth-order valence-corrected chi connectivity index (χ4v) is 5.52. The summed E-state index contributed by atoms with van der Waals surface area (Å²) in [7, 11) is -4.69. The smallest absolute Gasteiger partial charge is 0.301 e. The highest BCUT2D eigenvalue weighted by atomic mass is 32.2. The maximum atomic E-state index is 11.2. The molecule has 1 aliphatic carbocycles. The molecule has 3 rings (SSSR count). The third kappa shape index (κ3) is 3.58. The number of fused-ring (bicyclic) bond motifs is 1. The first kappa shape index (κ1) is 17.2. The minimum absolute atomic E-state index is 0.454. The van der Waals surface area contributed by atoms with E-state index in [0.717, 1.165) is 54.4 Å². The van der Waals surface area contributed by atoms with E-state index in [1.807, 2.05) is 0 Å². The summed E-state index contributed by atoms with van der Waals surface area (Å²) in [5, 5.41) is 10.3. The SMILES string of the molecule is CCCN1CCCC2CC3=C(CC21)SC([N+]#N)N3OP(=O)(O)O. The molecule has 0 aromatic rings. The van der Waals surface area contributed by atoms with Crippen molar-refractivity contribution in [2.24, 2.45) is 5.92 Å². The van der Waals surface area contributed by atoms with Crippen LogP contribution in [-0.2, 0) is 9.19 Å². The zero-order valence-electron chi connectivity index (χ0n) is 13.0. The van der Waals surface area contributed by atoms with Gasteiger partial charge in [-0.15, -0.1) is 0 Å². The van der Waals surface area contributed by atoms with Crippen LogP contribution in [0.2, 0.25) is 0 Å². The van der Waals surface area contributed by atoms with Gasteiger partial charge in [0.2, 0.25) is 5.39 Å². The Hall–Kier alpha value is -0.620. The number of nitrogens with zero attached hydrogens (tertiary/aromatic N) is 4. The van der Waals surface area contributed by atoms with E-state index in [-0.39, 0.29) is 0 Å². The molecule has 0 amide bonds. The number of allylic oxidation sites excluding steroid dienone is 1. The number of thioether (sulfide) groups is 1. The molecule has 2 heterocycles. The molecular weight excluding hydrogens is 339 g/mol. The Balaban J connectivity index is 1.83. The molecule has 1 saturated heterocycles. The van der Waals surface area contributed by atoms with Crippen LogP contribution >= 0.6 is 19.6 Å². The molecule has 10 heteroatoms. The van der Waals surface area contributed by atoms with Crippen LogP contribution < -0.4 is 0 Å². The number of rotatable bonds is 4. The Bertz CT molecular complexity index is 587. The Morgan fingerprint density at radius 2 is 2.26 bits per heavy atom. The van der Waals surface area contributed by atoms with Gasteiger partial charge in [-0.2, -0.15) is 9.69 Å². The molecule has 3 atom stereocenters. The molecule has 3 unspecified atom stereocenters. The van der Waals surface area contributed by atoms with Crippen molar-refractivity contribution >= 4 is 19.6 Å². The summed E-state index contributed by atoms with van der Waals surface area (Å²) in [6.45, 7) is 4.36. The molecule has 1 fully saturated rings. The molecule has 128 valence electrons. The van der Waals surface area contributed by atoms with Gasteiger partial charge in [-0.3, -0.25) is 4.90 Å². The fraction of sp³-hybridized carbons (Fsp3) is 0.846. The first-order valence-corrected chi connectivity index (χ1v) is 10.4. The highest BCUT2D eigenvalue weighted by Crippen LogP contribution is 2.53. The average Bonchev–Trinajstić information content (AvgIpc) is 2.81. The Morgan fingerprint density at radius 3 is 2.91 bits per heavy atom. The normalized spacial score (nSPS) is 31.7.